The van der Waals surface area contributed by atoms with Crippen molar-refractivity contribution >= 4 is 5.78 Å². The lowest BCUT2D eigenvalue weighted by atomic mass is 10.1. The molecule has 0 amide bonds. The van der Waals surface area contributed by atoms with Gasteiger partial charge in [0, 0.05) is 24.4 Å². The van der Waals surface area contributed by atoms with E-state index >= 15 is 0 Å². The van der Waals surface area contributed by atoms with Gasteiger partial charge in [0.15, 0.2) is 5.78 Å². The minimum Gasteiger partial charge on any atom is -0.295 e. The average molecular weight is 200 g/mol. The number of rotatable bonds is 2. The first-order valence-electron chi connectivity index (χ1n) is 4.78. The molecular formula is C12H12N2O. The van der Waals surface area contributed by atoms with E-state index in [2.05, 4.69) is 5.10 Å². The number of carbonyl (C=O) groups is 1. The molecule has 1 aromatic heterocycles. The maximum atomic E-state index is 11.2. The Bertz CT molecular complexity index is 500. The minimum absolute atomic E-state index is 0.0766. The van der Waals surface area contributed by atoms with E-state index in [9.17, 15) is 4.79 Å². The highest BCUT2D eigenvalue weighted by molar-refractivity contribution is 5.95. The summed E-state index contributed by atoms with van der Waals surface area (Å²) in [7, 11) is 1.87. The lowest BCUT2D eigenvalue weighted by Crippen LogP contribution is -1.92. The standard InChI is InChI=1S/C12H12N2O/c1-9(15)10-4-3-5-11(8-10)12-6-7-14(2)13-12/h3-8H,1-2H3. The van der Waals surface area contributed by atoms with Crippen LogP contribution in [0.15, 0.2) is 36.5 Å². The van der Waals surface area contributed by atoms with Crippen molar-refractivity contribution in [3.8, 4) is 11.3 Å². The van der Waals surface area contributed by atoms with Gasteiger partial charge >= 0.3 is 0 Å². The van der Waals surface area contributed by atoms with E-state index in [-0.39, 0.29) is 5.78 Å². The molecule has 0 spiro atoms. The number of carbonyl (C=O) groups excluding carboxylic acids is 1. The summed E-state index contributed by atoms with van der Waals surface area (Å²) in [6.45, 7) is 1.57. The van der Waals surface area contributed by atoms with Crippen LogP contribution in [0.25, 0.3) is 11.3 Å². The Morgan fingerprint density at radius 3 is 2.73 bits per heavy atom. The second-order valence-electron chi connectivity index (χ2n) is 3.51. The van der Waals surface area contributed by atoms with Crippen molar-refractivity contribution < 1.29 is 4.79 Å². The first kappa shape index (κ1) is 9.65. The largest absolute Gasteiger partial charge is 0.295 e. The van der Waals surface area contributed by atoms with Crippen LogP contribution >= 0.6 is 0 Å². The highest BCUT2D eigenvalue weighted by atomic mass is 16.1. The second kappa shape index (κ2) is 3.69. The van der Waals surface area contributed by atoms with Gasteiger partial charge in [0.25, 0.3) is 0 Å². The third kappa shape index (κ3) is 1.96. The Kier molecular flexibility index (Phi) is 2.37. The smallest absolute Gasteiger partial charge is 0.159 e. The van der Waals surface area contributed by atoms with Crippen LogP contribution in [0.4, 0.5) is 0 Å². The van der Waals surface area contributed by atoms with E-state index in [1.165, 1.54) is 0 Å². The summed E-state index contributed by atoms with van der Waals surface area (Å²) in [6.07, 6.45) is 1.88. The molecular weight excluding hydrogens is 188 g/mol. The van der Waals surface area contributed by atoms with Crippen molar-refractivity contribution in [2.75, 3.05) is 0 Å². The van der Waals surface area contributed by atoms with Crippen LogP contribution in [0.1, 0.15) is 17.3 Å². The second-order valence-corrected chi connectivity index (χ2v) is 3.51. The highest BCUT2D eigenvalue weighted by Crippen LogP contribution is 2.18. The molecule has 3 nitrogen and oxygen atoms in total. The topological polar surface area (TPSA) is 34.9 Å². The van der Waals surface area contributed by atoms with E-state index in [0.717, 1.165) is 16.8 Å². The zero-order valence-corrected chi connectivity index (χ0v) is 8.77. The van der Waals surface area contributed by atoms with Crippen LogP contribution in [0.2, 0.25) is 0 Å². The van der Waals surface area contributed by atoms with Gasteiger partial charge in [-0.15, -0.1) is 0 Å². The minimum atomic E-state index is 0.0766. The molecule has 0 atom stereocenters. The van der Waals surface area contributed by atoms with Gasteiger partial charge in [-0.2, -0.15) is 5.10 Å². The third-order valence-corrected chi connectivity index (χ3v) is 2.28. The maximum Gasteiger partial charge on any atom is 0.159 e. The van der Waals surface area contributed by atoms with Gasteiger partial charge in [-0.1, -0.05) is 18.2 Å². The van der Waals surface area contributed by atoms with Crippen molar-refractivity contribution in [3.63, 3.8) is 0 Å². The Labute approximate surface area is 88.4 Å². The van der Waals surface area contributed by atoms with Crippen LogP contribution < -0.4 is 0 Å². The maximum absolute atomic E-state index is 11.2. The molecule has 0 saturated heterocycles. The summed E-state index contributed by atoms with van der Waals surface area (Å²) in [5.74, 6) is 0.0766. The van der Waals surface area contributed by atoms with Crippen LogP contribution in [0.5, 0.6) is 0 Å². The molecule has 0 aliphatic heterocycles. The quantitative estimate of drug-likeness (QED) is 0.697. The lowest BCUT2D eigenvalue weighted by molar-refractivity contribution is 0.101. The molecule has 0 aliphatic carbocycles. The Hall–Kier alpha value is -1.90. The van der Waals surface area contributed by atoms with Crippen LogP contribution in [0, 0.1) is 0 Å². The molecule has 2 rings (SSSR count). The molecule has 1 aromatic carbocycles. The van der Waals surface area contributed by atoms with Gasteiger partial charge in [-0.25, -0.2) is 0 Å². The highest BCUT2D eigenvalue weighted by Gasteiger charge is 2.04. The van der Waals surface area contributed by atoms with Crippen molar-refractivity contribution in [2.45, 2.75) is 6.92 Å². The normalized spacial score (nSPS) is 10.3. The molecule has 3 heteroatoms. The zero-order valence-electron chi connectivity index (χ0n) is 8.77. The van der Waals surface area contributed by atoms with Gasteiger partial charge in [0.05, 0.1) is 5.69 Å². The summed E-state index contributed by atoms with van der Waals surface area (Å²) in [4.78, 5) is 11.2. The molecule has 76 valence electrons. The fourth-order valence-corrected chi connectivity index (χ4v) is 1.47. The summed E-state index contributed by atoms with van der Waals surface area (Å²) in [5.41, 5.74) is 2.59. The number of aryl methyl sites for hydroxylation is 1. The predicted molar refractivity (Wildman–Crippen MR) is 58.6 cm³/mol. The monoisotopic (exact) mass is 200 g/mol. The fraction of sp³-hybridized carbons (Fsp3) is 0.167. The van der Waals surface area contributed by atoms with E-state index in [1.54, 1.807) is 11.6 Å². The number of benzene rings is 1. The predicted octanol–water partition coefficient (Wildman–Crippen LogP) is 2.29. The summed E-state index contributed by atoms with van der Waals surface area (Å²) in [5, 5.41) is 4.29. The average Bonchev–Trinajstić information content (AvgIpc) is 2.65. The summed E-state index contributed by atoms with van der Waals surface area (Å²) >= 11 is 0. The zero-order chi connectivity index (χ0) is 10.8. The van der Waals surface area contributed by atoms with Gasteiger partial charge in [-0.3, -0.25) is 9.48 Å². The number of hydrogen-bond acceptors (Lipinski definition) is 2. The molecule has 15 heavy (non-hydrogen) atoms. The number of nitrogens with zero attached hydrogens (tertiary/aromatic N) is 2. The van der Waals surface area contributed by atoms with Gasteiger partial charge in [0.1, 0.15) is 0 Å². The first-order chi connectivity index (χ1) is 7.16. The van der Waals surface area contributed by atoms with Gasteiger partial charge in [-0.05, 0) is 19.1 Å². The van der Waals surface area contributed by atoms with Crippen molar-refractivity contribution in [1.29, 1.82) is 0 Å². The van der Waals surface area contributed by atoms with E-state index in [0.29, 0.717) is 0 Å². The molecule has 0 N–H and O–H groups in total. The molecule has 0 saturated carbocycles. The lowest BCUT2D eigenvalue weighted by Gasteiger charge is -1.99. The Morgan fingerprint density at radius 2 is 2.13 bits per heavy atom. The molecule has 0 aliphatic rings. The summed E-state index contributed by atoms with van der Waals surface area (Å²) in [6, 6.07) is 9.44. The van der Waals surface area contributed by atoms with Crippen molar-refractivity contribution in [3.05, 3.63) is 42.1 Å². The Morgan fingerprint density at radius 1 is 1.33 bits per heavy atom. The van der Waals surface area contributed by atoms with Crippen molar-refractivity contribution in [1.82, 2.24) is 9.78 Å². The van der Waals surface area contributed by atoms with E-state index < -0.39 is 0 Å². The van der Waals surface area contributed by atoms with Crippen LogP contribution in [-0.2, 0) is 7.05 Å². The number of aromatic nitrogens is 2. The Balaban J connectivity index is 2.45. The van der Waals surface area contributed by atoms with E-state index in [1.807, 2.05) is 43.6 Å². The fourth-order valence-electron chi connectivity index (χ4n) is 1.47. The molecule has 2 aromatic rings. The molecule has 0 radical (unpaired) electrons. The van der Waals surface area contributed by atoms with Gasteiger partial charge in [0.2, 0.25) is 0 Å². The number of ketones is 1. The van der Waals surface area contributed by atoms with E-state index in [4.69, 9.17) is 0 Å². The van der Waals surface area contributed by atoms with Gasteiger partial charge < -0.3 is 0 Å². The first-order valence-corrected chi connectivity index (χ1v) is 4.78. The number of Topliss-reactive ketones (excluding diaryl/α,β-unsaturated/α-hetero) is 1. The number of hydrogen-bond donors (Lipinski definition) is 0. The van der Waals surface area contributed by atoms with Crippen molar-refractivity contribution in [2.24, 2.45) is 7.05 Å². The molecule has 1 heterocycles. The third-order valence-electron chi connectivity index (χ3n) is 2.28. The summed E-state index contributed by atoms with van der Waals surface area (Å²) < 4.78 is 1.75. The van der Waals surface area contributed by atoms with Crippen LogP contribution in [-0.4, -0.2) is 15.6 Å². The molecule has 0 fully saturated rings. The molecule has 0 bridgehead atoms. The SMILES string of the molecule is CC(=O)c1cccc(-c2ccn(C)n2)c1. The molecule has 0 unspecified atom stereocenters. The van der Waals surface area contributed by atoms with Crippen LogP contribution in [0.3, 0.4) is 0 Å².